The van der Waals surface area contributed by atoms with Crippen LogP contribution in [-0.4, -0.2) is 32.2 Å². The first-order chi connectivity index (χ1) is 19.1. The molecule has 0 aromatic heterocycles. The fraction of sp³-hybridized carbons (Fsp3) is 0.692. The molecule has 1 heterocycles. The summed E-state index contributed by atoms with van der Waals surface area (Å²) in [6.45, 7) is 37.1. The summed E-state index contributed by atoms with van der Waals surface area (Å²) in [7, 11) is 0. The van der Waals surface area contributed by atoms with Gasteiger partial charge in [-0.25, -0.2) is 0 Å². The monoisotopic (exact) mass is 592 g/mol. The zero-order chi connectivity index (χ0) is 33.1. The third kappa shape index (κ3) is 8.57. The molecule has 0 bridgehead atoms. The summed E-state index contributed by atoms with van der Waals surface area (Å²) >= 11 is 0. The number of hydrogen-bond donors (Lipinski definition) is 3. The zero-order valence-corrected chi connectivity index (χ0v) is 30.6. The van der Waals surface area contributed by atoms with E-state index in [0.29, 0.717) is 17.5 Å². The second-order valence-electron chi connectivity index (χ2n) is 18.9. The summed E-state index contributed by atoms with van der Waals surface area (Å²) in [5, 5.41) is 26.8. The molecule has 2 aromatic rings. The molecule has 0 radical (unpaired) electrons. The number of piperidine rings is 1. The number of phenols is 2. The fourth-order valence-electron chi connectivity index (χ4n) is 7.17. The molecule has 0 amide bonds. The Bertz CT molecular complexity index is 1140. The van der Waals surface area contributed by atoms with Gasteiger partial charge >= 0.3 is 0 Å². The van der Waals surface area contributed by atoms with Crippen LogP contribution in [0.4, 0.5) is 0 Å². The molecule has 4 heteroatoms. The van der Waals surface area contributed by atoms with Crippen LogP contribution in [0.2, 0.25) is 0 Å². The van der Waals surface area contributed by atoms with E-state index in [9.17, 15) is 10.2 Å². The van der Waals surface area contributed by atoms with E-state index in [-0.39, 0.29) is 32.7 Å². The van der Waals surface area contributed by atoms with Crippen LogP contribution >= 0.6 is 0 Å². The first kappa shape index (κ1) is 35.4. The molecule has 0 saturated carbocycles. The lowest BCUT2D eigenvalue weighted by atomic mass is 9.77. The summed E-state index contributed by atoms with van der Waals surface area (Å²) in [5.74, 6) is 0.866. The van der Waals surface area contributed by atoms with E-state index in [1.54, 1.807) is 0 Å². The zero-order valence-electron chi connectivity index (χ0n) is 30.6. The predicted molar refractivity (Wildman–Crippen MR) is 185 cm³/mol. The molecule has 3 rings (SSSR count). The Hall–Kier alpha value is -2.04. The van der Waals surface area contributed by atoms with Crippen molar-refractivity contribution in [2.75, 3.05) is 0 Å². The number of aromatic hydroxyl groups is 2. The van der Waals surface area contributed by atoms with E-state index < -0.39 is 0 Å². The molecule has 2 aromatic carbocycles. The van der Waals surface area contributed by atoms with Crippen molar-refractivity contribution in [3.63, 3.8) is 0 Å². The van der Waals surface area contributed by atoms with Crippen molar-refractivity contribution >= 4 is 0 Å². The van der Waals surface area contributed by atoms with E-state index in [1.807, 2.05) is 0 Å². The number of benzene rings is 2. The van der Waals surface area contributed by atoms with Gasteiger partial charge in [0.15, 0.2) is 0 Å². The Balaban J connectivity index is 2.23. The molecule has 1 fully saturated rings. The van der Waals surface area contributed by atoms with Crippen LogP contribution in [0.3, 0.4) is 0 Å². The van der Waals surface area contributed by atoms with Crippen molar-refractivity contribution in [3.8, 4) is 11.5 Å². The molecule has 0 atom stereocenters. The van der Waals surface area contributed by atoms with E-state index in [0.717, 1.165) is 48.2 Å². The standard InChI is InChI=1S/C39H64N2O2/c1-34(2,3)28-17-25(18-29(32(28)42)35(4,5)6)23-41(27-21-38(13,14)40-39(15,16)22-27)24-26-19-30(36(7,8)9)33(43)31(20-26)37(10,11)12/h17-20,27,40,42-43H,21-24H2,1-16H3. The maximum atomic E-state index is 11.4. The average molecular weight is 593 g/mol. The van der Waals surface area contributed by atoms with Crippen LogP contribution in [0.5, 0.6) is 11.5 Å². The van der Waals surface area contributed by atoms with Crippen LogP contribution in [-0.2, 0) is 34.7 Å². The Kier molecular flexibility index (Phi) is 9.39. The lowest BCUT2D eigenvalue weighted by Crippen LogP contribution is -2.62. The molecular weight excluding hydrogens is 528 g/mol. The summed E-state index contributed by atoms with van der Waals surface area (Å²) in [4.78, 5) is 2.67. The molecule has 3 N–H and O–H groups in total. The van der Waals surface area contributed by atoms with Gasteiger partial charge in [0, 0.05) is 30.2 Å². The minimum atomic E-state index is -0.177. The van der Waals surface area contributed by atoms with Crippen molar-refractivity contribution in [2.24, 2.45) is 0 Å². The van der Waals surface area contributed by atoms with Gasteiger partial charge in [0.1, 0.15) is 11.5 Å². The molecule has 0 spiro atoms. The van der Waals surface area contributed by atoms with Crippen LogP contribution in [0.25, 0.3) is 0 Å². The largest absolute Gasteiger partial charge is 0.507 e. The lowest BCUT2D eigenvalue weighted by Gasteiger charge is -2.50. The van der Waals surface area contributed by atoms with Gasteiger partial charge in [-0.1, -0.05) is 107 Å². The van der Waals surface area contributed by atoms with Crippen LogP contribution < -0.4 is 5.32 Å². The van der Waals surface area contributed by atoms with Crippen molar-refractivity contribution in [1.29, 1.82) is 0 Å². The van der Waals surface area contributed by atoms with Crippen molar-refractivity contribution in [1.82, 2.24) is 10.2 Å². The SMILES string of the molecule is CC1(C)CC(N(Cc2cc(C(C)(C)C)c(O)c(C(C)(C)C)c2)Cc2cc(C(C)(C)C)c(O)c(C(C)(C)C)c2)CC(C)(C)N1. The lowest BCUT2D eigenvalue weighted by molar-refractivity contribution is 0.0562. The van der Waals surface area contributed by atoms with Crippen LogP contribution in [0.15, 0.2) is 24.3 Å². The number of nitrogens with zero attached hydrogens (tertiary/aromatic N) is 1. The highest BCUT2D eigenvalue weighted by molar-refractivity contribution is 5.51. The van der Waals surface area contributed by atoms with Gasteiger partial charge in [-0.15, -0.1) is 0 Å². The Morgan fingerprint density at radius 3 is 1.07 bits per heavy atom. The van der Waals surface area contributed by atoms with Crippen molar-refractivity contribution < 1.29 is 10.2 Å². The van der Waals surface area contributed by atoms with E-state index in [2.05, 4.69) is 145 Å². The Morgan fingerprint density at radius 2 is 0.837 bits per heavy atom. The Morgan fingerprint density at radius 1 is 0.581 bits per heavy atom. The van der Waals surface area contributed by atoms with E-state index in [1.165, 1.54) is 11.1 Å². The van der Waals surface area contributed by atoms with E-state index >= 15 is 0 Å². The maximum Gasteiger partial charge on any atom is 0.123 e. The second kappa shape index (κ2) is 11.4. The summed E-state index contributed by atoms with van der Waals surface area (Å²) in [5.41, 5.74) is 5.84. The molecule has 1 aliphatic rings. The molecule has 242 valence electrons. The second-order valence-corrected chi connectivity index (χ2v) is 18.9. The first-order valence-corrected chi connectivity index (χ1v) is 16.4. The van der Waals surface area contributed by atoms with Gasteiger partial charge in [-0.3, -0.25) is 4.90 Å². The minimum absolute atomic E-state index is 0.00879. The number of rotatable bonds is 5. The third-order valence-corrected chi connectivity index (χ3v) is 9.03. The molecule has 1 aliphatic heterocycles. The summed E-state index contributed by atoms with van der Waals surface area (Å²) < 4.78 is 0. The number of phenolic OH excluding ortho intramolecular Hbond substituents is 2. The first-order valence-electron chi connectivity index (χ1n) is 16.4. The van der Waals surface area contributed by atoms with Crippen LogP contribution in [0, 0.1) is 0 Å². The van der Waals surface area contributed by atoms with Gasteiger partial charge < -0.3 is 15.5 Å². The quantitative estimate of drug-likeness (QED) is 0.324. The fourth-order valence-corrected chi connectivity index (χ4v) is 7.17. The minimum Gasteiger partial charge on any atom is -0.507 e. The summed E-state index contributed by atoms with van der Waals surface area (Å²) in [6, 6.07) is 9.33. The molecule has 4 nitrogen and oxygen atoms in total. The summed E-state index contributed by atoms with van der Waals surface area (Å²) in [6.07, 6.45) is 2.09. The molecular formula is C39H64N2O2. The van der Waals surface area contributed by atoms with Gasteiger partial charge in [0.05, 0.1) is 0 Å². The van der Waals surface area contributed by atoms with Crippen molar-refractivity contribution in [3.05, 3.63) is 57.6 Å². The van der Waals surface area contributed by atoms with Gasteiger partial charge in [-0.2, -0.15) is 0 Å². The average Bonchev–Trinajstić information content (AvgIpc) is 2.75. The van der Waals surface area contributed by atoms with Gasteiger partial charge in [-0.05, 0) is 95.6 Å². The Labute approximate surface area is 264 Å². The van der Waals surface area contributed by atoms with Crippen LogP contribution in [0.1, 0.15) is 157 Å². The number of nitrogens with one attached hydrogen (secondary N) is 1. The molecule has 43 heavy (non-hydrogen) atoms. The van der Waals surface area contributed by atoms with E-state index in [4.69, 9.17) is 0 Å². The molecule has 1 saturated heterocycles. The normalized spacial score (nSPS) is 18.3. The molecule has 0 aliphatic carbocycles. The predicted octanol–water partition coefficient (Wildman–Crippen LogP) is 9.60. The topological polar surface area (TPSA) is 55.7 Å². The number of hydrogen-bond acceptors (Lipinski definition) is 4. The molecule has 0 unspecified atom stereocenters. The van der Waals surface area contributed by atoms with Gasteiger partial charge in [0.2, 0.25) is 0 Å². The maximum absolute atomic E-state index is 11.4. The third-order valence-electron chi connectivity index (χ3n) is 9.03. The van der Waals surface area contributed by atoms with Gasteiger partial charge in [0.25, 0.3) is 0 Å². The highest BCUT2D eigenvalue weighted by Gasteiger charge is 2.40. The smallest absolute Gasteiger partial charge is 0.123 e. The highest BCUT2D eigenvalue weighted by Crippen LogP contribution is 2.43. The highest BCUT2D eigenvalue weighted by atomic mass is 16.3. The van der Waals surface area contributed by atoms with Crippen molar-refractivity contribution in [2.45, 2.75) is 175 Å².